The minimum atomic E-state index is 0.0601. The number of rotatable bonds is 4. The Bertz CT molecular complexity index is 782. The van der Waals surface area contributed by atoms with Gasteiger partial charge in [-0.3, -0.25) is 9.59 Å². The molecule has 0 bridgehead atoms. The van der Waals surface area contributed by atoms with Crippen LogP contribution in [0.25, 0.3) is 0 Å². The molecule has 2 heterocycles. The quantitative estimate of drug-likeness (QED) is 0.784. The van der Waals surface area contributed by atoms with Crippen LogP contribution < -0.4 is 5.32 Å². The zero-order valence-electron chi connectivity index (χ0n) is 17.9. The molecule has 1 N–H and O–H groups in total. The van der Waals surface area contributed by atoms with E-state index < -0.39 is 0 Å². The smallest absolute Gasteiger partial charge is 0.227 e. The Morgan fingerprint density at radius 3 is 2.47 bits per heavy atom. The van der Waals surface area contributed by atoms with E-state index in [1.54, 1.807) is 0 Å². The lowest BCUT2D eigenvalue weighted by Crippen LogP contribution is -2.46. The summed E-state index contributed by atoms with van der Waals surface area (Å²) in [6.07, 6.45) is 11.1. The van der Waals surface area contributed by atoms with Crippen molar-refractivity contribution in [3.05, 3.63) is 29.8 Å². The summed E-state index contributed by atoms with van der Waals surface area (Å²) in [5, 5.41) is 3.12. The number of nitrogens with zero attached hydrogens (tertiary/aromatic N) is 1. The summed E-state index contributed by atoms with van der Waals surface area (Å²) in [4.78, 5) is 27.4. The van der Waals surface area contributed by atoms with Crippen LogP contribution in [-0.2, 0) is 14.3 Å². The maximum absolute atomic E-state index is 12.8. The second kappa shape index (κ2) is 8.70. The molecular formula is C25H34N2O3. The molecule has 4 aliphatic rings. The minimum Gasteiger partial charge on any atom is -0.370 e. The Hall–Kier alpha value is -1.88. The summed E-state index contributed by atoms with van der Waals surface area (Å²) in [6.45, 7) is 1.68. The lowest BCUT2D eigenvalue weighted by Gasteiger charge is -2.35. The van der Waals surface area contributed by atoms with Gasteiger partial charge in [-0.05, 0) is 56.2 Å². The van der Waals surface area contributed by atoms with Gasteiger partial charge in [-0.15, -0.1) is 0 Å². The number of hydrogen-bond acceptors (Lipinski definition) is 3. The average molecular weight is 411 g/mol. The van der Waals surface area contributed by atoms with Crippen LogP contribution >= 0.6 is 0 Å². The van der Waals surface area contributed by atoms with Crippen molar-refractivity contribution in [1.82, 2.24) is 4.90 Å². The maximum atomic E-state index is 12.8. The molecule has 2 saturated carbocycles. The molecule has 1 aromatic carbocycles. The van der Waals surface area contributed by atoms with E-state index in [1.165, 1.54) is 12.8 Å². The molecule has 0 radical (unpaired) electrons. The maximum Gasteiger partial charge on any atom is 0.227 e. The fourth-order valence-corrected chi connectivity index (χ4v) is 6.05. The summed E-state index contributed by atoms with van der Waals surface area (Å²) in [5.41, 5.74) is 2.02. The van der Waals surface area contributed by atoms with E-state index in [0.717, 1.165) is 75.7 Å². The number of hydrogen-bond donors (Lipinski definition) is 1. The molecule has 0 aromatic heterocycles. The molecule has 5 nitrogen and oxygen atoms in total. The van der Waals surface area contributed by atoms with Crippen molar-refractivity contribution in [3.8, 4) is 0 Å². The molecule has 162 valence electrons. The third-order valence-electron chi connectivity index (χ3n) is 7.79. The molecule has 4 fully saturated rings. The number of amides is 2. The summed E-state index contributed by atoms with van der Waals surface area (Å²) in [5.74, 6) is 1.39. The fourth-order valence-electron chi connectivity index (χ4n) is 6.05. The number of carbonyl (C=O) groups excluding carboxylic acids is 2. The fraction of sp³-hybridized carbons (Fsp3) is 0.680. The van der Waals surface area contributed by atoms with Gasteiger partial charge in [0.2, 0.25) is 11.8 Å². The zero-order chi connectivity index (χ0) is 20.5. The molecule has 5 rings (SSSR count). The standard InChI is InChI=1S/C25H34N2O3/c28-24(17-6-1-2-7-17)26-21-11-5-10-19(14-21)23-15-20-16-27(13-12-22(20)30-23)25(29)18-8-3-4-9-18/h5,10-11,14,17-18,20,22-23H,1-4,6-9,12-13,15-16H2,(H,26,28)/t20-,22-,23-/m0/s1. The molecule has 3 atom stereocenters. The molecule has 2 aliphatic carbocycles. The SMILES string of the molecule is O=C(Nc1cccc([C@@H]2C[C@H]3CN(C(=O)C4CCCC4)CC[C@@H]3O2)c1)C1CCCC1. The predicted molar refractivity (Wildman–Crippen MR) is 116 cm³/mol. The van der Waals surface area contributed by atoms with Crippen LogP contribution in [0.1, 0.15) is 75.9 Å². The highest BCUT2D eigenvalue weighted by Crippen LogP contribution is 2.42. The van der Waals surface area contributed by atoms with Crippen LogP contribution in [0.3, 0.4) is 0 Å². The van der Waals surface area contributed by atoms with Gasteiger partial charge in [-0.1, -0.05) is 37.8 Å². The van der Waals surface area contributed by atoms with Gasteiger partial charge in [0.1, 0.15) is 0 Å². The van der Waals surface area contributed by atoms with E-state index in [2.05, 4.69) is 22.3 Å². The van der Waals surface area contributed by atoms with E-state index >= 15 is 0 Å². The number of carbonyl (C=O) groups is 2. The minimum absolute atomic E-state index is 0.0601. The predicted octanol–water partition coefficient (Wildman–Crippen LogP) is 4.68. The van der Waals surface area contributed by atoms with Crippen molar-refractivity contribution in [2.24, 2.45) is 17.8 Å². The van der Waals surface area contributed by atoms with Crippen LogP contribution in [0.2, 0.25) is 0 Å². The number of nitrogens with one attached hydrogen (secondary N) is 1. The van der Waals surface area contributed by atoms with Crippen molar-refractivity contribution in [1.29, 1.82) is 0 Å². The van der Waals surface area contributed by atoms with Gasteiger partial charge in [-0.25, -0.2) is 0 Å². The third-order valence-corrected chi connectivity index (χ3v) is 7.79. The molecule has 2 saturated heterocycles. The van der Waals surface area contributed by atoms with Gasteiger partial charge in [0.15, 0.2) is 0 Å². The van der Waals surface area contributed by atoms with Crippen molar-refractivity contribution in [2.45, 2.75) is 76.4 Å². The van der Waals surface area contributed by atoms with E-state index in [4.69, 9.17) is 4.74 Å². The summed E-state index contributed by atoms with van der Waals surface area (Å²) >= 11 is 0. The van der Waals surface area contributed by atoms with Gasteiger partial charge in [0, 0.05) is 36.5 Å². The first-order chi connectivity index (χ1) is 14.7. The van der Waals surface area contributed by atoms with Crippen molar-refractivity contribution in [2.75, 3.05) is 18.4 Å². The number of piperidine rings is 1. The average Bonchev–Trinajstić information content (AvgIpc) is 3.54. The highest BCUT2D eigenvalue weighted by atomic mass is 16.5. The van der Waals surface area contributed by atoms with Gasteiger partial charge in [0.25, 0.3) is 0 Å². The number of benzene rings is 1. The monoisotopic (exact) mass is 410 g/mol. The first-order valence-electron chi connectivity index (χ1n) is 12.0. The highest BCUT2D eigenvalue weighted by Gasteiger charge is 2.41. The van der Waals surface area contributed by atoms with E-state index in [1.807, 2.05) is 12.1 Å². The Morgan fingerprint density at radius 2 is 1.70 bits per heavy atom. The highest BCUT2D eigenvalue weighted by molar-refractivity contribution is 5.92. The summed E-state index contributed by atoms with van der Waals surface area (Å²) < 4.78 is 6.41. The van der Waals surface area contributed by atoms with Crippen molar-refractivity contribution in [3.63, 3.8) is 0 Å². The second-order valence-corrected chi connectivity index (χ2v) is 9.81. The molecular weight excluding hydrogens is 376 g/mol. The van der Waals surface area contributed by atoms with E-state index in [0.29, 0.717) is 11.8 Å². The number of ether oxygens (including phenoxy) is 1. The van der Waals surface area contributed by atoms with Crippen LogP contribution in [-0.4, -0.2) is 35.9 Å². The number of likely N-dealkylation sites (tertiary alicyclic amines) is 1. The van der Waals surface area contributed by atoms with Crippen LogP contribution in [0.4, 0.5) is 5.69 Å². The number of fused-ring (bicyclic) bond motifs is 1. The van der Waals surface area contributed by atoms with Crippen molar-refractivity contribution >= 4 is 17.5 Å². The summed E-state index contributed by atoms with van der Waals surface area (Å²) in [6, 6.07) is 8.17. The Balaban J connectivity index is 1.20. The van der Waals surface area contributed by atoms with Crippen molar-refractivity contribution < 1.29 is 14.3 Å². The largest absolute Gasteiger partial charge is 0.370 e. The Labute approximate surface area is 179 Å². The van der Waals surface area contributed by atoms with Gasteiger partial charge in [0.05, 0.1) is 12.2 Å². The number of anilines is 1. The lowest BCUT2D eigenvalue weighted by atomic mass is 9.90. The topological polar surface area (TPSA) is 58.6 Å². The molecule has 2 amide bonds. The molecule has 1 aromatic rings. The zero-order valence-corrected chi connectivity index (χ0v) is 17.9. The van der Waals surface area contributed by atoms with E-state index in [9.17, 15) is 9.59 Å². The summed E-state index contributed by atoms with van der Waals surface area (Å²) in [7, 11) is 0. The Kier molecular flexibility index (Phi) is 5.81. The van der Waals surface area contributed by atoms with Gasteiger partial charge >= 0.3 is 0 Å². The van der Waals surface area contributed by atoms with Crippen LogP contribution in [0.5, 0.6) is 0 Å². The molecule has 5 heteroatoms. The first-order valence-corrected chi connectivity index (χ1v) is 12.0. The van der Waals surface area contributed by atoms with Gasteiger partial charge in [-0.2, -0.15) is 0 Å². The normalized spacial score (nSPS) is 29.9. The van der Waals surface area contributed by atoms with Crippen LogP contribution in [0, 0.1) is 17.8 Å². The first kappa shape index (κ1) is 20.0. The second-order valence-electron chi connectivity index (χ2n) is 9.81. The van der Waals surface area contributed by atoms with E-state index in [-0.39, 0.29) is 30.0 Å². The third kappa shape index (κ3) is 4.14. The van der Waals surface area contributed by atoms with Crippen LogP contribution in [0.15, 0.2) is 24.3 Å². The molecule has 0 spiro atoms. The molecule has 0 unspecified atom stereocenters. The molecule has 30 heavy (non-hydrogen) atoms. The lowest BCUT2D eigenvalue weighted by molar-refractivity contribution is -0.138. The van der Waals surface area contributed by atoms with Gasteiger partial charge < -0.3 is 15.0 Å². The molecule has 2 aliphatic heterocycles. The Morgan fingerprint density at radius 1 is 0.967 bits per heavy atom.